The Labute approximate surface area is 135 Å². The number of hydrazine groups is 1. The van der Waals surface area contributed by atoms with Crippen molar-refractivity contribution in [3.63, 3.8) is 0 Å². The highest BCUT2D eigenvalue weighted by Crippen LogP contribution is 2.46. The molecule has 23 heavy (non-hydrogen) atoms. The number of nitrogens with two attached hydrogens (primary N) is 1. The summed E-state index contributed by atoms with van der Waals surface area (Å²) in [6.45, 7) is 0. The molecule has 0 saturated carbocycles. The predicted octanol–water partition coefficient (Wildman–Crippen LogP) is 3.31. The van der Waals surface area contributed by atoms with Gasteiger partial charge in [-0.25, -0.2) is 5.84 Å². The zero-order valence-corrected chi connectivity index (χ0v) is 12.5. The maximum atomic E-state index is 12.8. The Balaban J connectivity index is 2.12. The van der Waals surface area contributed by atoms with Crippen molar-refractivity contribution in [2.45, 2.75) is 5.54 Å². The van der Waals surface area contributed by atoms with Crippen LogP contribution in [0.25, 0.3) is 0 Å². The van der Waals surface area contributed by atoms with Gasteiger partial charge in [-0.05, 0) is 17.2 Å². The predicted molar refractivity (Wildman–Crippen MR) is 89.6 cm³/mol. The lowest BCUT2D eigenvalue weighted by Crippen LogP contribution is -2.50. The van der Waals surface area contributed by atoms with Gasteiger partial charge in [0.25, 0.3) is 5.91 Å². The van der Waals surface area contributed by atoms with Crippen LogP contribution in [-0.2, 0) is 5.54 Å². The van der Waals surface area contributed by atoms with E-state index < -0.39 is 5.54 Å². The summed E-state index contributed by atoms with van der Waals surface area (Å²) < 4.78 is 0. The normalized spacial score (nSPS) is 15.5. The molecule has 1 aliphatic heterocycles. The van der Waals surface area contributed by atoms with Gasteiger partial charge in [-0.2, -0.15) is 0 Å². The van der Waals surface area contributed by atoms with E-state index in [0.717, 1.165) is 16.7 Å². The second kappa shape index (κ2) is 5.07. The largest absolute Gasteiger partial charge is 0.269 e. The molecule has 3 aromatic rings. The summed E-state index contributed by atoms with van der Waals surface area (Å²) in [6.07, 6.45) is 0. The minimum atomic E-state index is -0.795. The number of nitrogens with zero attached hydrogens (tertiary/aromatic N) is 1. The van der Waals surface area contributed by atoms with Crippen molar-refractivity contribution in [3.05, 3.63) is 107 Å². The summed E-state index contributed by atoms with van der Waals surface area (Å²) in [5.74, 6) is 6.20. The minimum Gasteiger partial charge on any atom is -0.268 e. The summed E-state index contributed by atoms with van der Waals surface area (Å²) >= 11 is 0. The van der Waals surface area contributed by atoms with E-state index in [2.05, 4.69) is 0 Å². The summed E-state index contributed by atoms with van der Waals surface area (Å²) in [5.41, 5.74) is 2.74. The molecule has 0 radical (unpaired) electrons. The van der Waals surface area contributed by atoms with Crippen LogP contribution in [0.4, 0.5) is 0 Å². The quantitative estimate of drug-likeness (QED) is 0.583. The van der Waals surface area contributed by atoms with Gasteiger partial charge in [0.05, 0.1) is 0 Å². The molecule has 1 amide bonds. The van der Waals surface area contributed by atoms with Gasteiger partial charge >= 0.3 is 0 Å². The number of hydrogen-bond acceptors (Lipinski definition) is 2. The van der Waals surface area contributed by atoms with Crippen molar-refractivity contribution in [1.82, 2.24) is 5.01 Å². The van der Waals surface area contributed by atoms with E-state index in [1.54, 1.807) is 0 Å². The standard InChI is InChI=1S/C20H16N2O/c21-22-19(23)17-13-7-8-14-18(17)20(22,15-9-3-1-4-10-15)16-11-5-2-6-12-16/h1-14H,21H2. The minimum absolute atomic E-state index is 0.159. The Morgan fingerprint density at radius 2 is 1.17 bits per heavy atom. The van der Waals surface area contributed by atoms with Gasteiger partial charge in [-0.1, -0.05) is 78.9 Å². The van der Waals surface area contributed by atoms with Crippen LogP contribution in [0.15, 0.2) is 84.9 Å². The number of rotatable bonds is 2. The maximum Gasteiger partial charge on any atom is 0.269 e. The fourth-order valence-electron chi connectivity index (χ4n) is 3.51. The molecule has 1 heterocycles. The monoisotopic (exact) mass is 300 g/mol. The number of fused-ring (bicyclic) bond motifs is 1. The van der Waals surface area contributed by atoms with E-state index in [-0.39, 0.29) is 5.91 Å². The van der Waals surface area contributed by atoms with Crippen molar-refractivity contribution < 1.29 is 4.79 Å². The van der Waals surface area contributed by atoms with Crippen LogP contribution >= 0.6 is 0 Å². The first-order valence-electron chi connectivity index (χ1n) is 7.56. The molecule has 0 aliphatic carbocycles. The fourth-order valence-corrected chi connectivity index (χ4v) is 3.51. The van der Waals surface area contributed by atoms with E-state index in [4.69, 9.17) is 5.84 Å². The Morgan fingerprint density at radius 1 is 0.696 bits per heavy atom. The average molecular weight is 300 g/mol. The van der Waals surface area contributed by atoms with Gasteiger partial charge in [0.1, 0.15) is 5.54 Å². The first-order valence-corrected chi connectivity index (χ1v) is 7.56. The number of carbonyl (C=O) groups excluding carboxylic acids is 1. The third-order valence-electron chi connectivity index (χ3n) is 4.51. The Kier molecular flexibility index (Phi) is 3.03. The van der Waals surface area contributed by atoms with Crippen LogP contribution in [0.3, 0.4) is 0 Å². The summed E-state index contributed by atoms with van der Waals surface area (Å²) in [6, 6.07) is 27.5. The van der Waals surface area contributed by atoms with Crippen LogP contribution in [0.2, 0.25) is 0 Å². The van der Waals surface area contributed by atoms with Crippen molar-refractivity contribution in [1.29, 1.82) is 0 Å². The third kappa shape index (κ3) is 1.77. The van der Waals surface area contributed by atoms with E-state index in [1.807, 2.05) is 84.9 Å². The molecular weight excluding hydrogens is 284 g/mol. The summed E-state index contributed by atoms with van der Waals surface area (Å²) in [7, 11) is 0. The van der Waals surface area contributed by atoms with Crippen molar-refractivity contribution >= 4 is 5.91 Å². The van der Waals surface area contributed by atoms with Gasteiger partial charge in [0.15, 0.2) is 0 Å². The van der Waals surface area contributed by atoms with E-state index >= 15 is 0 Å². The smallest absolute Gasteiger partial charge is 0.268 e. The van der Waals surface area contributed by atoms with Crippen LogP contribution in [0.1, 0.15) is 27.0 Å². The van der Waals surface area contributed by atoms with Crippen LogP contribution in [0.5, 0.6) is 0 Å². The molecule has 0 saturated heterocycles. The van der Waals surface area contributed by atoms with Gasteiger partial charge in [-0.15, -0.1) is 0 Å². The first-order chi connectivity index (χ1) is 11.3. The molecule has 3 aromatic carbocycles. The Bertz CT molecular complexity index is 820. The van der Waals surface area contributed by atoms with E-state index in [0.29, 0.717) is 5.56 Å². The lowest BCUT2D eigenvalue weighted by Gasteiger charge is -2.37. The molecule has 112 valence electrons. The second-order valence-electron chi connectivity index (χ2n) is 5.66. The molecule has 0 spiro atoms. The summed E-state index contributed by atoms with van der Waals surface area (Å²) in [4.78, 5) is 12.8. The van der Waals surface area contributed by atoms with Crippen molar-refractivity contribution in [3.8, 4) is 0 Å². The van der Waals surface area contributed by atoms with Crippen molar-refractivity contribution in [2.75, 3.05) is 0 Å². The van der Waals surface area contributed by atoms with Gasteiger partial charge in [-0.3, -0.25) is 9.80 Å². The van der Waals surface area contributed by atoms with Crippen LogP contribution in [-0.4, -0.2) is 10.9 Å². The number of amides is 1. The molecular formula is C20H16N2O. The maximum absolute atomic E-state index is 12.8. The SMILES string of the molecule is NN1C(=O)c2ccccc2C1(c1ccccc1)c1ccccc1. The van der Waals surface area contributed by atoms with Crippen molar-refractivity contribution in [2.24, 2.45) is 5.84 Å². The summed E-state index contributed by atoms with van der Waals surface area (Å²) in [5, 5.41) is 1.36. The lowest BCUT2D eigenvalue weighted by molar-refractivity contribution is 0.0677. The van der Waals surface area contributed by atoms with Gasteiger partial charge in [0, 0.05) is 11.1 Å². The van der Waals surface area contributed by atoms with E-state index in [1.165, 1.54) is 5.01 Å². The molecule has 2 N–H and O–H groups in total. The van der Waals surface area contributed by atoms with E-state index in [9.17, 15) is 4.79 Å². The van der Waals surface area contributed by atoms with Gasteiger partial charge < -0.3 is 0 Å². The van der Waals surface area contributed by atoms with Crippen LogP contribution < -0.4 is 5.84 Å². The number of carbonyl (C=O) groups is 1. The molecule has 3 heteroatoms. The zero-order valence-electron chi connectivity index (χ0n) is 12.5. The topological polar surface area (TPSA) is 46.3 Å². The Hall–Kier alpha value is -2.91. The lowest BCUT2D eigenvalue weighted by atomic mass is 9.77. The van der Waals surface area contributed by atoms with Crippen LogP contribution in [0, 0.1) is 0 Å². The molecule has 0 unspecified atom stereocenters. The highest BCUT2D eigenvalue weighted by molar-refractivity contribution is 6.01. The third-order valence-corrected chi connectivity index (χ3v) is 4.51. The molecule has 0 fully saturated rings. The zero-order chi connectivity index (χ0) is 15.9. The highest BCUT2D eigenvalue weighted by atomic mass is 16.2. The molecule has 0 atom stereocenters. The average Bonchev–Trinajstić information content (AvgIpc) is 2.86. The fraction of sp³-hybridized carbons (Fsp3) is 0.0500. The number of hydrogen-bond donors (Lipinski definition) is 1. The molecule has 0 bridgehead atoms. The number of benzene rings is 3. The molecule has 3 nitrogen and oxygen atoms in total. The highest BCUT2D eigenvalue weighted by Gasteiger charge is 2.50. The first kappa shape index (κ1) is 13.7. The molecule has 1 aliphatic rings. The molecule has 4 rings (SSSR count). The molecule has 0 aromatic heterocycles. The van der Waals surface area contributed by atoms with Gasteiger partial charge in [0.2, 0.25) is 0 Å². The second-order valence-corrected chi connectivity index (χ2v) is 5.66. The Morgan fingerprint density at radius 3 is 1.74 bits per heavy atom.